The lowest BCUT2D eigenvalue weighted by molar-refractivity contribution is -0.122. The van der Waals surface area contributed by atoms with E-state index < -0.39 is 0 Å². The first kappa shape index (κ1) is 12.5. The SMILES string of the molecule is Cc1cc(N2C(=O)C3CC=CCC3C2=O)ncc1Br. The fraction of sp³-hybridized carbons (Fsp3) is 0.357. The molecule has 1 saturated heterocycles. The van der Waals surface area contributed by atoms with Gasteiger partial charge >= 0.3 is 0 Å². The average Bonchev–Trinajstić information content (AvgIpc) is 2.66. The molecule has 98 valence electrons. The molecule has 0 N–H and O–H groups in total. The maximum atomic E-state index is 12.4. The summed E-state index contributed by atoms with van der Waals surface area (Å²) in [6.45, 7) is 1.91. The molecule has 2 amide bonds. The molecule has 1 fully saturated rings. The number of pyridine rings is 1. The van der Waals surface area contributed by atoms with Crippen LogP contribution in [0.4, 0.5) is 5.82 Å². The molecule has 0 spiro atoms. The van der Waals surface area contributed by atoms with Crippen molar-refractivity contribution in [2.24, 2.45) is 11.8 Å². The molecule has 2 heterocycles. The number of carbonyl (C=O) groups excluding carboxylic acids is 2. The summed E-state index contributed by atoms with van der Waals surface area (Å²) in [7, 11) is 0. The van der Waals surface area contributed by atoms with Gasteiger partial charge in [0.25, 0.3) is 0 Å². The van der Waals surface area contributed by atoms with E-state index in [9.17, 15) is 9.59 Å². The Morgan fingerprint density at radius 3 is 2.32 bits per heavy atom. The number of allylic oxidation sites excluding steroid dienone is 2. The second-order valence-corrected chi connectivity index (χ2v) is 5.81. The van der Waals surface area contributed by atoms with Crippen molar-refractivity contribution in [1.29, 1.82) is 0 Å². The van der Waals surface area contributed by atoms with Gasteiger partial charge in [-0.15, -0.1) is 0 Å². The summed E-state index contributed by atoms with van der Waals surface area (Å²) in [6, 6.07) is 1.77. The summed E-state index contributed by atoms with van der Waals surface area (Å²) in [4.78, 5) is 30.2. The van der Waals surface area contributed by atoms with E-state index in [-0.39, 0.29) is 23.7 Å². The van der Waals surface area contributed by atoms with Gasteiger partial charge in [0, 0.05) is 10.7 Å². The van der Waals surface area contributed by atoms with E-state index in [1.54, 1.807) is 12.3 Å². The second-order valence-electron chi connectivity index (χ2n) is 4.96. The highest BCUT2D eigenvalue weighted by atomic mass is 79.9. The van der Waals surface area contributed by atoms with Gasteiger partial charge in [-0.05, 0) is 47.3 Å². The lowest BCUT2D eigenvalue weighted by atomic mass is 9.85. The van der Waals surface area contributed by atoms with E-state index in [1.165, 1.54) is 4.90 Å². The molecule has 2 atom stereocenters. The van der Waals surface area contributed by atoms with Gasteiger partial charge in [0.1, 0.15) is 5.82 Å². The molecule has 1 aliphatic heterocycles. The average molecular weight is 321 g/mol. The Morgan fingerprint density at radius 1 is 1.21 bits per heavy atom. The first-order chi connectivity index (χ1) is 9.09. The first-order valence-electron chi connectivity index (χ1n) is 6.24. The highest BCUT2D eigenvalue weighted by Gasteiger charge is 2.48. The molecule has 5 heteroatoms. The van der Waals surface area contributed by atoms with Crippen molar-refractivity contribution < 1.29 is 9.59 Å². The van der Waals surface area contributed by atoms with Crippen LogP contribution in [-0.4, -0.2) is 16.8 Å². The number of nitrogens with zero attached hydrogens (tertiary/aromatic N) is 2. The standard InChI is InChI=1S/C14H13BrN2O2/c1-8-6-12(16-7-11(8)15)17-13(18)9-4-2-3-5-10(9)14(17)19/h2-3,6-7,9-10H,4-5H2,1H3. The lowest BCUT2D eigenvalue weighted by Gasteiger charge is -2.14. The van der Waals surface area contributed by atoms with Crippen molar-refractivity contribution in [3.8, 4) is 0 Å². The molecule has 0 radical (unpaired) electrons. The van der Waals surface area contributed by atoms with Crippen molar-refractivity contribution in [3.05, 3.63) is 34.5 Å². The summed E-state index contributed by atoms with van der Waals surface area (Å²) >= 11 is 3.37. The van der Waals surface area contributed by atoms with Crippen LogP contribution in [0.25, 0.3) is 0 Å². The third-order valence-electron chi connectivity index (χ3n) is 3.77. The number of carbonyl (C=O) groups is 2. The third-order valence-corrected chi connectivity index (χ3v) is 4.60. The Morgan fingerprint density at radius 2 is 1.79 bits per heavy atom. The molecular weight excluding hydrogens is 308 g/mol. The van der Waals surface area contributed by atoms with Crippen molar-refractivity contribution >= 4 is 33.6 Å². The predicted molar refractivity (Wildman–Crippen MR) is 74.5 cm³/mol. The van der Waals surface area contributed by atoms with E-state index in [1.807, 2.05) is 19.1 Å². The number of rotatable bonds is 1. The van der Waals surface area contributed by atoms with Crippen LogP contribution >= 0.6 is 15.9 Å². The molecule has 3 rings (SSSR count). The van der Waals surface area contributed by atoms with Gasteiger partial charge in [0.05, 0.1) is 11.8 Å². The first-order valence-corrected chi connectivity index (χ1v) is 7.04. The zero-order valence-electron chi connectivity index (χ0n) is 10.5. The van der Waals surface area contributed by atoms with Crippen LogP contribution < -0.4 is 4.90 Å². The lowest BCUT2D eigenvalue weighted by Crippen LogP contribution is -2.31. The van der Waals surface area contributed by atoms with Crippen molar-refractivity contribution in [2.45, 2.75) is 19.8 Å². The minimum absolute atomic E-state index is 0.117. The van der Waals surface area contributed by atoms with Gasteiger partial charge < -0.3 is 0 Å². The number of imide groups is 1. The van der Waals surface area contributed by atoms with Crippen LogP contribution in [0.5, 0.6) is 0 Å². The molecule has 0 bridgehead atoms. The highest BCUT2D eigenvalue weighted by Crippen LogP contribution is 2.37. The van der Waals surface area contributed by atoms with E-state index >= 15 is 0 Å². The molecule has 4 nitrogen and oxygen atoms in total. The van der Waals surface area contributed by atoms with Crippen LogP contribution in [0, 0.1) is 18.8 Å². The smallest absolute Gasteiger partial charge is 0.239 e. The molecule has 2 unspecified atom stereocenters. The third kappa shape index (κ3) is 1.92. The molecule has 0 aromatic carbocycles. The molecular formula is C14H13BrN2O2. The zero-order chi connectivity index (χ0) is 13.6. The fourth-order valence-electron chi connectivity index (χ4n) is 2.67. The van der Waals surface area contributed by atoms with Crippen LogP contribution in [-0.2, 0) is 9.59 Å². The van der Waals surface area contributed by atoms with Crippen LogP contribution in [0.15, 0.2) is 28.9 Å². The monoisotopic (exact) mass is 320 g/mol. The summed E-state index contributed by atoms with van der Waals surface area (Å²) in [5.41, 5.74) is 0.957. The Bertz CT molecular complexity index is 571. The minimum Gasteiger partial charge on any atom is -0.274 e. The van der Waals surface area contributed by atoms with Gasteiger partial charge in [0.15, 0.2) is 0 Å². The largest absolute Gasteiger partial charge is 0.274 e. The predicted octanol–water partition coefficient (Wildman–Crippen LogP) is 2.61. The summed E-state index contributed by atoms with van der Waals surface area (Å²) in [5, 5.41) is 0. The Kier molecular flexibility index (Phi) is 3.01. The van der Waals surface area contributed by atoms with E-state index in [0.29, 0.717) is 18.7 Å². The number of aromatic nitrogens is 1. The molecule has 1 aromatic heterocycles. The number of hydrogen-bond acceptors (Lipinski definition) is 3. The summed E-state index contributed by atoms with van der Waals surface area (Å²) < 4.78 is 0.870. The maximum absolute atomic E-state index is 12.4. The maximum Gasteiger partial charge on any atom is 0.239 e. The van der Waals surface area contributed by atoms with Gasteiger partial charge in [0.2, 0.25) is 11.8 Å². The number of aryl methyl sites for hydroxylation is 1. The Hall–Kier alpha value is -1.49. The Labute approximate surface area is 119 Å². The summed E-state index contributed by atoms with van der Waals surface area (Å²) in [5.74, 6) is -0.209. The van der Waals surface area contributed by atoms with Gasteiger partial charge in [-0.25, -0.2) is 9.88 Å². The second kappa shape index (κ2) is 4.56. The number of anilines is 1. The normalized spacial score (nSPS) is 25.9. The highest BCUT2D eigenvalue weighted by molar-refractivity contribution is 9.10. The topological polar surface area (TPSA) is 50.3 Å². The van der Waals surface area contributed by atoms with E-state index in [0.717, 1.165) is 10.0 Å². The molecule has 1 aromatic rings. The number of fused-ring (bicyclic) bond motifs is 1. The van der Waals surface area contributed by atoms with Crippen molar-refractivity contribution in [3.63, 3.8) is 0 Å². The molecule has 0 saturated carbocycles. The van der Waals surface area contributed by atoms with E-state index in [2.05, 4.69) is 20.9 Å². The molecule has 1 aliphatic carbocycles. The number of amides is 2. The Balaban J connectivity index is 1.99. The van der Waals surface area contributed by atoms with Crippen LogP contribution in [0.1, 0.15) is 18.4 Å². The van der Waals surface area contributed by atoms with Crippen LogP contribution in [0.2, 0.25) is 0 Å². The van der Waals surface area contributed by atoms with Crippen LogP contribution in [0.3, 0.4) is 0 Å². The van der Waals surface area contributed by atoms with Crippen molar-refractivity contribution in [1.82, 2.24) is 4.98 Å². The zero-order valence-corrected chi connectivity index (χ0v) is 12.1. The quantitative estimate of drug-likeness (QED) is 0.590. The van der Waals surface area contributed by atoms with Gasteiger partial charge in [-0.2, -0.15) is 0 Å². The fourth-order valence-corrected chi connectivity index (χ4v) is 2.89. The summed E-state index contributed by atoms with van der Waals surface area (Å²) in [6.07, 6.45) is 6.90. The van der Waals surface area contributed by atoms with Gasteiger partial charge in [-0.3, -0.25) is 9.59 Å². The molecule has 19 heavy (non-hydrogen) atoms. The minimum atomic E-state index is -0.205. The number of hydrogen-bond donors (Lipinski definition) is 0. The molecule has 2 aliphatic rings. The van der Waals surface area contributed by atoms with Crippen molar-refractivity contribution in [2.75, 3.05) is 4.90 Å². The van der Waals surface area contributed by atoms with Gasteiger partial charge in [-0.1, -0.05) is 12.2 Å². The van der Waals surface area contributed by atoms with E-state index in [4.69, 9.17) is 0 Å². The number of halogens is 1.